The summed E-state index contributed by atoms with van der Waals surface area (Å²) < 4.78 is 0. The number of para-hydroxylation sites is 1. The molecule has 0 spiro atoms. The van der Waals surface area contributed by atoms with Crippen LogP contribution in [0.2, 0.25) is 0 Å². The number of aromatic nitrogens is 3. The van der Waals surface area contributed by atoms with Crippen LogP contribution in [0.15, 0.2) is 61.1 Å². The zero-order chi connectivity index (χ0) is 23.5. The first kappa shape index (κ1) is 21.8. The van der Waals surface area contributed by atoms with Crippen molar-refractivity contribution in [3.05, 3.63) is 66.6 Å². The summed E-state index contributed by atoms with van der Waals surface area (Å²) in [4.78, 5) is 44.4. The lowest BCUT2D eigenvalue weighted by Crippen LogP contribution is -2.51. The average Bonchev–Trinajstić information content (AvgIpc) is 3.26. The highest BCUT2D eigenvalue weighted by molar-refractivity contribution is 6.00. The van der Waals surface area contributed by atoms with E-state index in [1.165, 1.54) is 6.33 Å². The van der Waals surface area contributed by atoms with E-state index in [4.69, 9.17) is 0 Å². The molecule has 0 aliphatic carbocycles. The molecule has 0 bridgehead atoms. The number of nitrogens with one attached hydrogen (secondary N) is 1. The van der Waals surface area contributed by atoms with Crippen molar-refractivity contribution < 1.29 is 9.59 Å². The Kier molecular flexibility index (Phi) is 6.07. The second kappa shape index (κ2) is 9.46. The Morgan fingerprint density at radius 3 is 2.50 bits per heavy atom. The lowest BCUT2D eigenvalue weighted by molar-refractivity contribution is -0.136. The predicted molar refractivity (Wildman–Crippen MR) is 130 cm³/mol. The van der Waals surface area contributed by atoms with Crippen LogP contribution in [0.4, 0.5) is 23.1 Å². The minimum atomic E-state index is -0.295. The molecule has 5 rings (SSSR count). The number of piperazine rings is 1. The first-order valence-corrected chi connectivity index (χ1v) is 11.5. The smallest absolute Gasteiger partial charge is 0.228 e. The van der Waals surface area contributed by atoms with Crippen molar-refractivity contribution in [1.29, 1.82) is 0 Å². The van der Waals surface area contributed by atoms with Gasteiger partial charge in [-0.15, -0.1) is 0 Å². The fourth-order valence-electron chi connectivity index (χ4n) is 4.47. The van der Waals surface area contributed by atoms with E-state index >= 15 is 0 Å². The minimum Gasteiger partial charge on any atom is -0.353 e. The number of rotatable bonds is 5. The molecule has 1 N–H and O–H groups in total. The van der Waals surface area contributed by atoms with E-state index in [0.717, 1.165) is 22.9 Å². The Balaban J connectivity index is 1.18. The molecule has 2 amide bonds. The Labute approximate surface area is 198 Å². The molecule has 1 aromatic carbocycles. The first-order valence-electron chi connectivity index (χ1n) is 11.5. The average molecular weight is 458 g/mol. The lowest BCUT2D eigenvalue weighted by atomic mass is 10.1. The SMILES string of the molecule is Cc1ccnc(Nc2cc(N3CCN(C(=O)C4CC(=O)N(c5ccccc5)C4)CC3)ncn2)c1. The molecular formula is C25H27N7O2. The molecule has 9 heteroatoms. The topological polar surface area (TPSA) is 94.6 Å². The molecule has 4 heterocycles. The molecule has 9 nitrogen and oxygen atoms in total. The van der Waals surface area contributed by atoms with Gasteiger partial charge < -0.3 is 20.0 Å². The molecule has 0 saturated carbocycles. The maximum absolute atomic E-state index is 13.1. The number of carbonyl (C=O) groups excluding carboxylic acids is 2. The van der Waals surface area contributed by atoms with Crippen LogP contribution in [-0.4, -0.2) is 64.4 Å². The Morgan fingerprint density at radius 1 is 0.971 bits per heavy atom. The summed E-state index contributed by atoms with van der Waals surface area (Å²) in [7, 11) is 0. The Morgan fingerprint density at radius 2 is 1.74 bits per heavy atom. The summed E-state index contributed by atoms with van der Waals surface area (Å²) in [5.41, 5.74) is 1.96. The van der Waals surface area contributed by atoms with Crippen LogP contribution >= 0.6 is 0 Å². The van der Waals surface area contributed by atoms with Gasteiger partial charge in [0, 0.05) is 57.1 Å². The van der Waals surface area contributed by atoms with Crippen LogP contribution in [-0.2, 0) is 9.59 Å². The van der Waals surface area contributed by atoms with Crippen LogP contribution in [0.1, 0.15) is 12.0 Å². The van der Waals surface area contributed by atoms with Crippen molar-refractivity contribution >= 4 is 35.0 Å². The van der Waals surface area contributed by atoms with Gasteiger partial charge in [-0.3, -0.25) is 9.59 Å². The van der Waals surface area contributed by atoms with Gasteiger partial charge >= 0.3 is 0 Å². The van der Waals surface area contributed by atoms with Gasteiger partial charge in [-0.2, -0.15) is 0 Å². The van der Waals surface area contributed by atoms with E-state index in [1.54, 1.807) is 11.1 Å². The van der Waals surface area contributed by atoms with Crippen molar-refractivity contribution in [2.75, 3.05) is 47.8 Å². The first-order chi connectivity index (χ1) is 16.6. The quantitative estimate of drug-likeness (QED) is 0.629. The van der Waals surface area contributed by atoms with Crippen molar-refractivity contribution in [3.8, 4) is 0 Å². The molecule has 174 valence electrons. The summed E-state index contributed by atoms with van der Waals surface area (Å²) >= 11 is 0. The van der Waals surface area contributed by atoms with Gasteiger partial charge in [0.25, 0.3) is 0 Å². The zero-order valence-electron chi connectivity index (χ0n) is 19.1. The highest BCUT2D eigenvalue weighted by Gasteiger charge is 2.38. The number of hydrogen-bond acceptors (Lipinski definition) is 7. The van der Waals surface area contributed by atoms with Crippen molar-refractivity contribution in [3.63, 3.8) is 0 Å². The number of nitrogens with zero attached hydrogens (tertiary/aromatic N) is 6. The molecular weight excluding hydrogens is 430 g/mol. The van der Waals surface area contributed by atoms with Crippen LogP contribution in [0.5, 0.6) is 0 Å². The number of amides is 2. The maximum atomic E-state index is 13.1. The number of hydrogen-bond donors (Lipinski definition) is 1. The third kappa shape index (κ3) is 4.68. The summed E-state index contributed by atoms with van der Waals surface area (Å²) in [6.07, 6.45) is 3.56. The molecule has 2 aliphatic rings. The van der Waals surface area contributed by atoms with E-state index in [9.17, 15) is 9.59 Å². The van der Waals surface area contributed by atoms with Crippen LogP contribution in [0, 0.1) is 12.8 Å². The standard InChI is InChI=1S/C25H27N7O2/c1-18-7-8-26-21(13-18)29-22-15-23(28-17-27-22)30-9-11-31(12-10-30)25(34)19-14-24(33)32(16-19)20-5-3-2-4-6-20/h2-8,13,15,17,19H,9-12,14,16H2,1H3,(H,26,27,28,29). The fourth-order valence-corrected chi connectivity index (χ4v) is 4.47. The maximum Gasteiger partial charge on any atom is 0.228 e. The summed E-state index contributed by atoms with van der Waals surface area (Å²) in [6.45, 7) is 5.00. The van der Waals surface area contributed by atoms with Gasteiger partial charge in [0.2, 0.25) is 11.8 Å². The van der Waals surface area contributed by atoms with Gasteiger partial charge in [-0.25, -0.2) is 15.0 Å². The number of aryl methyl sites for hydroxylation is 1. The van der Waals surface area contributed by atoms with E-state index in [0.29, 0.717) is 38.5 Å². The molecule has 2 fully saturated rings. The number of benzene rings is 1. The summed E-state index contributed by atoms with van der Waals surface area (Å²) in [5, 5.41) is 3.22. The van der Waals surface area contributed by atoms with Crippen molar-refractivity contribution in [2.24, 2.45) is 5.92 Å². The second-order valence-corrected chi connectivity index (χ2v) is 8.66. The monoisotopic (exact) mass is 457 g/mol. The minimum absolute atomic E-state index is 0.00676. The van der Waals surface area contributed by atoms with Gasteiger partial charge in [0.1, 0.15) is 23.8 Å². The normalized spacial score (nSPS) is 18.3. The summed E-state index contributed by atoms with van der Waals surface area (Å²) in [6, 6.07) is 15.3. The molecule has 1 unspecified atom stereocenters. The van der Waals surface area contributed by atoms with E-state index in [1.807, 2.05) is 60.4 Å². The Bertz CT molecular complexity index is 1180. The predicted octanol–water partition coefficient (Wildman–Crippen LogP) is 2.63. The summed E-state index contributed by atoms with van der Waals surface area (Å²) in [5.74, 6) is 1.98. The molecule has 34 heavy (non-hydrogen) atoms. The third-order valence-corrected chi connectivity index (χ3v) is 6.28. The van der Waals surface area contributed by atoms with Crippen molar-refractivity contribution in [2.45, 2.75) is 13.3 Å². The molecule has 3 aromatic rings. The van der Waals surface area contributed by atoms with Crippen LogP contribution in [0.3, 0.4) is 0 Å². The van der Waals surface area contributed by atoms with Gasteiger partial charge in [0.15, 0.2) is 0 Å². The van der Waals surface area contributed by atoms with Gasteiger partial charge in [0.05, 0.1) is 5.92 Å². The molecule has 2 aromatic heterocycles. The zero-order valence-corrected chi connectivity index (χ0v) is 19.1. The molecule has 1 atom stereocenters. The van der Waals surface area contributed by atoms with E-state index in [2.05, 4.69) is 25.2 Å². The largest absolute Gasteiger partial charge is 0.353 e. The fraction of sp³-hybridized carbons (Fsp3) is 0.320. The van der Waals surface area contributed by atoms with E-state index in [-0.39, 0.29) is 24.2 Å². The van der Waals surface area contributed by atoms with Gasteiger partial charge in [-0.1, -0.05) is 18.2 Å². The van der Waals surface area contributed by atoms with Crippen molar-refractivity contribution in [1.82, 2.24) is 19.9 Å². The molecule has 0 radical (unpaired) electrons. The number of anilines is 4. The highest BCUT2D eigenvalue weighted by Crippen LogP contribution is 2.27. The third-order valence-electron chi connectivity index (χ3n) is 6.28. The van der Waals surface area contributed by atoms with E-state index < -0.39 is 0 Å². The van der Waals surface area contributed by atoms with Crippen LogP contribution in [0.25, 0.3) is 0 Å². The molecule has 2 saturated heterocycles. The highest BCUT2D eigenvalue weighted by atomic mass is 16.2. The second-order valence-electron chi connectivity index (χ2n) is 8.66. The Hall–Kier alpha value is -4.01. The molecule has 2 aliphatic heterocycles. The lowest BCUT2D eigenvalue weighted by Gasteiger charge is -2.36. The van der Waals surface area contributed by atoms with Crippen LogP contribution < -0.4 is 15.1 Å². The van der Waals surface area contributed by atoms with Gasteiger partial charge in [-0.05, 0) is 36.8 Å². The number of carbonyl (C=O) groups is 2. The number of pyridine rings is 1.